The first-order valence-electron chi connectivity index (χ1n) is 6.14. The molecule has 108 valence electrons. The smallest absolute Gasteiger partial charge is 0.377 e. The highest BCUT2D eigenvalue weighted by atomic mass is 28.4. The zero-order valence-electron chi connectivity index (χ0n) is 11.9. The summed E-state index contributed by atoms with van der Waals surface area (Å²) in [5.74, 6) is -0.0394. The molecule has 1 amide bonds. The minimum Gasteiger partial charge on any atom is -0.377 e. The van der Waals surface area contributed by atoms with E-state index >= 15 is 0 Å². The van der Waals surface area contributed by atoms with Crippen LogP contribution in [0.2, 0.25) is 6.04 Å². The normalized spacial score (nSPS) is 13.3. The average Bonchev–Trinajstić information content (AvgIpc) is 2.97. The van der Waals surface area contributed by atoms with Gasteiger partial charge in [0.1, 0.15) is 6.04 Å². The first-order valence-corrected chi connectivity index (χ1v) is 8.07. The third-order valence-electron chi connectivity index (χ3n) is 3.12. The highest BCUT2D eigenvalue weighted by Gasteiger charge is 2.37. The van der Waals surface area contributed by atoms with Crippen LogP contribution >= 0.6 is 0 Å². The van der Waals surface area contributed by atoms with E-state index in [0.29, 0.717) is 12.6 Å². The van der Waals surface area contributed by atoms with E-state index in [9.17, 15) is 4.79 Å². The van der Waals surface area contributed by atoms with E-state index in [0.717, 1.165) is 0 Å². The fourth-order valence-electron chi connectivity index (χ4n) is 1.78. The molecule has 1 heterocycles. The van der Waals surface area contributed by atoms with Gasteiger partial charge in [-0.1, -0.05) is 0 Å². The van der Waals surface area contributed by atoms with Gasteiger partial charge in [0.25, 0.3) is 0 Å². The average molecular weight is 286 g/mol. The summed E-state index contributed by atoms with van der Waals surface area (Å²) in [6.07, 6.45) is 3.73. The maximum atomic E-state index is 12.0. The quantitative estimate of drug-likeness (QED) is 0.726. The first-order chi connectivity index (χ1) is 9.08. The molecule has 1 aromatic heterocycles. The van der Waals surface area contributed by atoms with Crippen molar-refractivity contribution < 1.29 is 18.1 Å². The van der Waals surface area contributed by atoms with Crippen molar-refractivity contribution in [2.45, 2.75) is 19.0 Å². The molecule has 1 atom stereocenters. The van der Waals surface area contributed by atoms with Gasteiger partial charge in [0.05, 0.1) is 0 Å². The van der Waals surface area contributed by atoms with E-state index < -0.39 is 8.80 Å². The summed E-state index contributed by atoms with van der Waals surface area (Å²) >= 11 is 0. The van der Waals surface area contributed by atoms with Crippen LogP contribution in [0.25, 0.3) is 0 Å². The molecule has 7 heteroatoms. The number of amides is 1. The summed E-state index contributed by atoms with van der Waals surface area (Å²) in [6, 6.07) is 4.09. The van der Waals surface area contributed by atoms with Gasteiger partial charge in [0, 0.05) is 46.3 Å². The summed E-state index contributed by atoms with van der Waals surface area (Å²) in [4.78, 5) is 12.0. The molecule has 0 aliphatic heterocycles. The van der Waals surface area contributed by atoms with Gasteiger partial charge in [-0.25, -0.2) is 0 Å². The molecule has 0 radical (unpaired) electrons. The predicted molar refractivity (Wildman–Crippen MR) is 73.7 cm³/mol. The van der Waals surface area contributed by atoms with Gasteiger partial charge in [-0.3, -0.25) is 4.79 Å². The molecule has 6 nitrogen and oxygen atoms in total. The fourth-order valence-corrected chi connectivity index (χ4v) is 3.33. The molecule has 19 heavy (non-hydrogen) atoms. The Hall–Kier alpha value is -1.15. The maximum Gasteiger partial charge on any atom is 0.501 e. The highest BCUT2D eigenvalue weighted by molar-refractivity contribution is 6.60. The molecule has 0 aliphatic carbocycles. The van der Waals surface area contributed by atoms with Gasteiger partial charge in [0.2, 0.25) is 5.91 Å². The summed E-state index contributed by atoms with van der Waals surface area (Å²) in [6.45, 7) is 2.31. The summed E-state index contributed by atoms with van der Waals surface area (Å²) in [5.41, 5.74) is 0. The summed E-state index contributed by atoms with van der Waals surface area (Å²) in [5, 5.41) is 2.86. The SMILES string of the molecule is CO[Si](CCNC(=O)[C@H](C)n1cccc1)(OC)OC. The number of aromatic nitrogens is 1. The molecule has 0 saturated heterocycles. The fraction of sp³-hybridized carbons (Fsp3) is 0.583. The van der Waals surface area contributed by atoms with Crippen molar-refractivity contribution >= 4 is 14.7 Å². The van der Waals surface area contributed by atoms with E-state index in [1.807, 2.05) is 36.0 Å². The van der Waals surface area contributed by atoms with Crippen LogP contribution in [0.5, 0.6) is 0 Å². The molecule has 0 spiro atoms. The number of carbonyl (C=O) groups excluding carboxylic acids is 1. The van der Waals surface area contributed by atoms with E-state index in [1.165, 1.54) is 0 Å². The number of nitrogens with zero attached hydrogens (tertiary/aromatic N) is 1. The molecule has 0 aromatic carbocycles. The van der Waals surface area contributed by atoms with Gasteiger partial charge >= 0.3 is 8.80 Å². The van der Waals surface area contributed by atoms with Crippen molar-refractivity contribution in [3.8, 4) is 0 Å². The van der Waals surface area contributed by atoms with Gasteiger partial charge in [-0.15, -0.1) is 0 Å². The molecule has 0 aliphatic rings. The molecule has 0 fully saturated rings. The van der Waals surface area contributed by atoms with Gasteiger partial charge in [-0.2, -0.15) is 0 Å². The lowest BCUT2D eigenvalue weighted by atomic mass is 10.3. The zero-order valence-corrected chi connectivity index (χ0v) is 12.9. The second kappa shape index (κ2) is 7.44. The van der Waals surface area contributed by atoms with E-state index in [2.05, 4.69) is 5.32 Å². The van der Waals surface area contributed by atoms with Crippen molar-refractivity contribution in [1.82, 2.24) is 9.88 Å². The predicted octanol–water partition coefficient (Wildman–Crippen LogP) is 1.04. The molecule has 0 saturated carbocycles. The van der Waals surface area contributed by atoms with Crippen molar-refractivity contribution in [3.63, 3.8) is 0 Å². The minimum absolute atomic E-state index is 0.0394. The summed E-state index contributed by atoms with van der Waals surface area (Å²) in [7, 11) is 2.07. The van der Waals surface area contributed by atoms with Gasteiger partial charge in [0.15, 0.2) is 0 Å². The van der Waals surface area contributed by atoms with Crippen LogP contribution in [0.15, 0.2) is 24.5 Å². The summed E-state index contributed by atoms with van der Waals surface area (Å²) < 4.78 is 17.7. The third-order valence-corrected chi connectivity index (χ3v) is 5.85. The molecule has 0 bridgehead atoms. The second-order valence-electron chi connectivity index (χ2n) is 4.14. The number of carbonyl (C=O) groups is 1. The largest absolute Gasteiger partial charge is 0.501 e. The van der Waals surface area contributed by atoms with Gasteiger partial charge in [-0.05, 0) is 19.1 Å². The molecule has 0 unspecified atom stereocenters. The number of hydrogen-bond acceptors (Lipinski definition) is 4. The van der Waals surface area contributed by atoms with Crippen molar-refractivity contribution in [2.24, 2.45) is 0 Å². The standard InChI is InChI=1S/C12H22N2O4Si/c1-11(14-8-5-6-9-14)12(15)13-7-10-19(16-2,17-3)18-4/h5-6,8-9,11H,7,10H2,1-4H3,(H,13,15)/t11-/m0/s1. The Bertz CT molecular complexity index is 371. The van der Waals surface area contributed by atoms with Crippen LogP contribution in [-0.2, 0) is 18.1 Å². The van der Waals surface area contributed by atoms with Crippen LogP contribution in [0, 0.1) is 0 Å². The van der Waals surface area contributed by atoms with Crippen LogP contribution in [-0.4, -0.2) is 47.2 Å². The molecule has 1 aromatic rings. The van der Waals surface area contributed by atoms with E-state index in [4.69, 9.17) is 13.3 Å². The third kappa shape index (κ3) is 4.17. The molecular weight excluding hydrogens is 264 g/mol. The van der Waals surface area contributed by atoms with Crippen LogP contribution in [0.3, 0.4) is 0 Å². The number of hydrogen-bond donors (Lipinski definition) is 1. The van der Waals surface area contributed by atoms with Crippen molar-refractivity contribution in [2.75, 3.05) is 27.9 Å². The lowest BCUT2D eigenvalue weighted by Crippen LogP contribution is -2.46. The Labute approximate surface area is 115 Å². The number of nitrogens with one attached hydrogen (secondary N) is 1. The van der Waals surface area contributed by atoms with E-state index in [1.54, 1.807) is 21.3 Å². The zero-order chi connectivity index (χ0) is 14.3. The molecule has 1 N–H and O–H groups in total. The van der Waals surface area contributed by atoms with Crippen molar-refractivity contribution in [3.05, 3.63) is 24.5 Å². The van der Waals surface area contributed by atoms with E-state index in [-0.39, 0.29) is 11.9 Å². The Morgan fingerprint density at radius 1 is 1.21 bits per heavy atom. The highest BCUT2D eigenvalue weighted by Crippen LogP contribution is 2.12. The van der Waals surface area contributed by atoms with Crippen LogP contribution in [0.1, 0.15) is 13.0 Å². The minimum atomic E-state index is -2.61. The van der Waals surface area contributed by atoms with Crippen LogP contribution in [0.4, 0.5) is 0 Å². The lowest BCUT2D eigenvalue weighted by molar-refractivity contribution is -0.123. The second-order valence-corrected chi connectivity index (χ2v) is 7.23. The van der Waals surface area contributed by atoms with Crippen LogP contribution < -0.4 is 5.32 Å². The monoisotopic (exact) mass is 286 g/mol. The Kier molecular flexibility index (Phi) is 6.23. The lowest BCUT2D eigenvalue weighted by Gasteiger charge is -2.24. The van der Waals surface area contributed by atoms with Gasteiger partial charge < -0.3 is 23.2 Å². The molecular formula is C12H22N2O4Si. The maximum absolute atomic E-state index is 12.0. The Morgan fingerprint density at radius 2 is 1.74 bits per heavy atom. The topological polar surface area (TPSA) is 61.7 Å². The number of rotatable bonds is 8. The first kappa shape index (κ1) is 15.9. The van der Waals surface area contributed by atoms with Crippen molar-refractivity contribution in [1.29, 1.82) is 0 Å². The molecule has 1 rings (SSSR count). The Morgan fingerprint density at radius 3 is 2.21 bits per heavy atom. The Balaban J connectivity index is 2.42.